The largest absolute Gasteiger partial charge is 0.481 e. The van der Waals surface area contributed by atoms with Gasteiger partial charge in [0.2, 0.25) is 5.91 Å². The highest BCUT2D eigenvalue weighted by Crippen LogP contribution is 2.11. The van der Waals surface area contributed by atoms with Crippen LogP contribution in [0.4, 0.5) is 5.82 Å². The summed E-state index contributed by atoms with van der Waals surface area (Å²) >= 11 is 0. The molecule has 4 N–H and O–H groups in total. The van der Waals surface area contributed by atoms with Gasteiger partial charge in [-0.1, -0.05) is 6.92 Å². The molecule has 6 heteroatoms. The average Bonchev–Trinajstić information content (AvgIpc) is 2.24. The van der Waals surface area contributed by atoms with Crippen LogP contribution in [-0.2, 0) is 4.79 Å². The Kier molecular flexibility index (Phi) is 4.65. The zero-order chi connectivity index (χ0) is 13.7. The Morgan fingerprint density at radius 3 is 2.72 bits per heavy atom. The van der Waals surface area contributed by atoms with Crippen molar-refractivity contribution in [1.29, 1.82) is 0 Å². The number of nitrogens with zero attached hydrogens (tertiary/aromatic N) is 1. The number of carbonyl (C=O) groups excluding carboxylic acids is 1. The predicted octanol–water partition coefficient (Wildman–Crippen LogP) is 1.01. The second-order valence-electron chi connectivity index (χ2n) is 4.33. The van der Waals surface area contributed by atoms with Crippen molar-refractivity contribution >= 4 is 17.7 Å². The summed E-state index contributed by atoms with van der Waals surface area (Å²) in [5.74, 6) is -0.843. The van der Waals surface area contributed by atoms with Crippen LogP contribution in [0.15, 0.2) is 12.1 Å². The average molecular weight is 251 g/mol. The van der Waals surface area contributed by atoms with Crippen molar-refractivity contribution in [2.45, 2.75) is 20.3 Å². The molecule has 0 saturated heterocycles. The van der Waals surface area contributed by atoms with Crippen LogP contribution in [0.3, 0.4) is 0 Å². The molecule has 1 aromatic rings. The molecule has 98 valence electrons. The molecule has 0 aliphatic carbocycles. The fraction of sp³-hybridized carbons (Fsp3) is 0.417. The molecule has 1 amide bonds. The Hall–Kier alpha value is -2.11. The molecule has 0 spiro atoms. The quantitative estimate of drug-likeness (QED) is 0.699. The summed E-state index contributed by atoms with van der Waals surface area (Å²) in [5, 5.41) is 11.6. The summed E-state index contributed by atoms with van der Waals surface area (Å²) < 4.78 is 0. The first-order valence-electron chi connectivity index (χ1n) is 5.62. The number of nitrogens with one attached hydrogen (secondary N) is 1. The van der Waals surface area contributed by atoms with Crippen molar-refractivity contribution in [1.82, 2.24) is 4.98 Å². The minimum Gasteiger partial charge on any atom is -0.481 e. The third-order valence-electron chi connectivity index (χ3n) is 2.39. The lowest BCUT2D eigenvalue weighted by Gasteiger charge is -2.12. The number of carboxylic acids is 1. The summed E-state index contributed by atoms with van der Waals surface area (Å²) in [4.78, 5) is 25.8. The molecular weight excluding hydrogens is 234 g/mol. The van der Waals surface area contributed by atoms with Crippen LogP contribution in [-0.4, -0.2) is 28.5 Å². The van der Waals surface area contributed by atoms with E-state index in [0.717, 1.165) is 0 Å². The smallest absolute Gasteiger partial charge is 0.303 e. The van der Waals surface area contributed by atoms with Gasteiger partial charge in [0.15, 0.2) is 0 Å². The first kappa shape index (κ1) is 14.0. The molecule has 6 nitrogen and oxygen atoms in total. The molecule has 0 aliphatic heterocycles. The first-order chi connectivity index (χ1) is 8.38. The SMILES string of the molecule is Cc1cc(C(N)=O)cc(NCC(C)CC(=O)O)n1. The van der Waals surface area contributed by atoms with Gasteiger partial charge in [0.1, 0.15) is 5.82 Å². The maximum absolute atomic E-state index is 11.1. The third-order valence-corrected chi connectivity index (χ3v) is 2.39. The highest BCUT2D eigenvalue weighted by molar-refractivity contribution is 5.93. The van der Waals surface area contributed by atoms with Gasteiger partial charge in [-0.3, -0.25) is 9.59 Å². The van der Waals surface area contributed by atoms with E-state index in [9.17, 15) is 9.59 Å². The third kappa shape index (κ3) is 4.40. The van der Waals surface area contributed by atoms with Gasteiger partial charge in [0.05, 0.1) is 0 Å². The zero-order valence-electron chi connectivity index (χ0n) is 10.4. The van der Waals surface area contributed by atoms with Crippen molar-refractivity contribution in [3.63, 3.8) is 0 Å². The molecule has 0 aromatic carbocycles. The monoisotopic (exact) mass is 251 g/mol. The van der Waals surface area contributed by atoms with Gasteiger partial charge in [-0.25, -0.2) is 4.98 Å². The number of amides is 1. The summed E-state index contributed by atoms with van der Waals surface area (Å²) in [5.41, 5.74) is 6.27. The van der Waals surface area contributed by atoms with Crippen LogP contribution in [0.2, 0.25) is 0 Å². The molecule has 0 fully saturated rings. The number of rotatable bonds is 6. The normalized spacial score (nSPS) is 11.9. The molecule has 1 unspecified atom stereocenters. The van der Waals surface area contributed by atoms with Crippen molar-refractivity contribution < 1.29 is 14.7 Å². The fourth-order valence-electron chi connectivity index (χ4n) is 1.55. The number of aromatic nitrogens is 1. The number of anilines is 1. The van der Waals surface area contributed by atoms with Crippen LogP contribution in [0, 0.1) is 12.8 Å². The van der Waals surface area contributed by atoms with Gasteiger partial charge < -0.3 is 16.2 Å². The minimum absolute atomic E-state index is 0.0261. The van der Waals surface area contributed by atoms with Crippen LogP contribution in [0.5, 0.6) is 0 Å². The zero-order valence-corrected chi connectivity index (χ0v) is 10.4. The first-order valence-corrected chi connectivity index (χ1v) is 5.62. The molecule has 0 saturated carbocycles. The van der Waals surface area contributed by atoms with Crippen LogP contribution < -0.4 is 11.1 Å². The number of pyridine rings is 1. The lowest BCUT2D eigenvalue weighted by molar-refractivity contribution is -0.137. The molecule has 1 atom stereocenters. The van der Waals surface area contributed by atoms with Crippen LogP contribution >= 0.6 is 0 Å². The number of carbonyl (C=O) groups is 2. The van der Waals surface area contributed by atoms with E-state index < -0.39 is 11.9 Å². The maximum Gasteiger partial charge on any atom is 0.303 e. The molecule has 0 aliphatic rings. The topological polar surface area (TPSA) is 105 Å². The maximum atomic E-state index is 11.1. The highest BCUT2D eigenvalue weighted by atomic mass is 16.4. The van der Waals surface area contributed by atoms with E-state index in [1.807, 2.05) is 6.92 Å². The lowest BCUT2D eigenvalue weighted by Crippen LogP contribution is -2.17. The van der Waals surface area contributed by atoms with Crippen molar-refractivity contribution in [2.75, 3.05) is 11.9 Å². The molecule has 0 bridgehead atoms. The van der Waals surface area contributed by atoms with Crippen molar-refractivity contribution in [3.8, 4) is 0 Å². The van der Waals surface area contributed by atoms with E-state index in [2.05, 4.69) is 10.3 Å². The number of aryl methyl sites for hydroxylation is 1. The number of hydrogen-bond acceptors (Lipinski definition) is 4. The van der Waals surface area contributed by atoms with Crippen LogP contribution in [0.25, 0.3) is 0 Å². The van der Waals surface area contributed by atoms with Gasteiger partial charge in [0, 0.05) is 24.2 Å². The predicted molar refractivity (Wildman–Crippen MR) is 67.4 cm³/mol. The van der Waals surface area contributed by atoms with Gasteiger partial charge in [-0.15, -0.1) is 0 Å². The van der Waals surface area contributed by atoms with Crippen LogP contribution in [0.1, 0.15) is 29.4 Å². The summed E-state index contributed by atoms with van der Waals surface area (Å²) in [6, 6.07) is 3.16. The number of aliphatic carboxylic acids is 1. The standard InChI is InChI=1S/C12H17N3O3/c1-7(3-11(16)17)6-14-10-5-9(12(13)18)4-8(2)15-10/h4-5,7H,3,6H2,1-2H3,(H2,13,18)(H,14,15)(H,16,17). The van der Waals surface area contributed by atoms with E-state index in [1.54, 1.807) is 19.1 Å². The van der Waals surface area contributed by atoms with E-state index in [0.29, 0.717) is 23.6 Å². The summed E-state index contributed by atoms with van der Waals surface area (Å²) in [7, 11) is 0. The number of nitrogens with two attached hydrogens (primary N) is 1. The Labute approximate surface area is 105 Å². The van der Waals surface area contributed by atoms with E-state index >= 15 is 0 Å². The Morgan fingerprint density at radius 2 is 2.17 bits per heavy atom. The Morgan fingerprint density at radius 1 is 1.50 bits per heavy atom. The molecular formula is C12H17N3O3. The number of carboxylic acid groups (broad SMARTS) is 1. The van der Waals surface area contributed by atoms with Gasteiger partial charge >= 0.3 is 5.97 Å². The molecule has 18 heavy (non-hydrogen) atoms. The van der Waals surface area contributed by atoms with Gasteiger partial charge in [-0.05, 0) is 25.0 Å². The summed E-state index contributed by atoms with van der Waals surface area (Å²) in [6.07, 6.45) is 0.0848. The molecule has 0 radical (unpaired) electrons. The fourth-order valence-corrected chi connectivity index (χ4v) is 1.55. The van der Waals surface area contributed by atoms with Gasteiger partial charge in [0.25, 0.3) is 0 Å². The number of hydrogen-bond donors (Lipinski definition) is 3. The van der Waals surface area contributed by atoms with Crippen molar-refractivity contribution in [2.24, 2.45) is 11.7 Å². The second-order valence-corrected chi connectivity index (χ2v) is 4.33. The van der Waals surface area contributed by atoms with E-state index in [4.69, 9.17) is 10.8 Å². The molecule has 1 heterocycles. The number of primary amides is 1. The Balaban J connectivity index is 2.67. The Bertz CT molecular complexity index is 460. The van der Waals surface area contributed by atoms with E-state index in [1.165, 1.54) is 0 Å². The second kappa shape index (κ2) is 6.00. The van der Waals surface area contributed by atoms with Crippen molar-refractivity contribution in [3.05, 3.63) is 23.4 Å². The summed E-state index contributed by atoms with van der Waals surface area (Å²) in [6.45, 7) is 4.06. The molecule has 1 aromatic heterocycles. The highest BCUT2D eigenvalue weighted by Gasteiger charge is 2.09. The molecule has 1 rings (SSSR count). The van der Waals surface area contributed by atoms with E-state index in [-0.39, 0.29) is 12.3 Å². The minimum atomic E-state index is -0.834. The lowest BCUT2D eigenvalue weighted by atomic mass is 10.1. The van der Waals surface area contributed by atoms with Gasteiger partial charge in [-0.2, -0.15) is 0 Å².